The van der Waals surface area contributed by atoms with E-state index in [1.54, 1.807) is 24.5 Å². The van der Waals surface area contributed by atoms with Gasteiger partial charge in [-0.1, -0.05) is 32.1 Å². The van der Waals surface area contributed by atoms with E-state index in [4.69, 9.17) is 0 Å². The molecule has 1 amide bonds. The van der Waals surface area contributed by atoms with Crippen LogP contribution >= 0.6 is 0 Å². The van der Waals surface area contributed by atoms with E-state index in [2.05, 4.69) is 21.9 Å². The Morgan fingerprint density at radius 1 is 1.30 bits per heavy atom. The Bertz CT molecular complexity index is 914. The highest BCUT2D eigenvalue weighted by Gasteiger charge is 2.24. The highest BCUT2D eigenvalue weighted by molar-refractivity contribution is 5.87. The van der Waals surface area contributed by atoms with Gasteiger partial charge in [0.2, 0.25) is 6.41 Å². The highest BCUT2D eigenvalue weighted by atomic mass is 16.5. The van der Waals surface area contributed by atoms with Gasteiger partial charge in [0.15, 0.2) is 5.79 Å². The zero-order chi connectivity index (χ0) is 20.0. The molecule has 142 valence electrons. The van der Waals surface area contributed by atoms with Crippen LogP contribution in [0.25, 0.3) is 16.5 Å². The molecule has 0 aliphatic heterocycles. The van der Waals surface area contributed by atoms with E-state index >= 15 is 0 Å². The number of pyridine rings is 2. The number of anilines is 1. The second kappa shape index (κ2) is 8.70. The van der Waals surface area contributed by atoms with Crippen molar-refractivity contribution in [3.63, 3.8) is 0 Å². The van der Waals surface area contributed by atoms with Crippen molar-refractivity contribution in [2.24, 2.45) is 0 Å². The first-order valence-electron chi connectivity index (χ1n) is 8.77. The molecule has 6 nitrogen and oxygen atoms in total. The molecule has 0 atom stereocenters. The normalized spacial score (nSPS) is 12.9. The van der Waals surface area contributed by atoms with Crippen molar-refractivity contribution in [1.29, 1.82) is 0 Å². The zero-order valence-electron chi connectivity index (χ0n) is 15.9. The number of fused-ring (bicyclic) bond motifs is 1. The number of carbonyl (C=O) groups is 1. The number of aliphatic hydroxyl groups is 2. The third kappa shape index (κ3) is 4.87. The molecule has 0 aliphatic carbocycles. The van der Waals surface area contributed by atoms with Gasteiger partial charge in [-0.2, -0.15) is 0 Å². The van der Waals surface area contributed by atoms with E-state index in [1.807, 2.05) is 32.9 Å². The van der Waals surface area contributed by atoms with Crippen molar-refractivity contribution >= 4 is 28.7 Å². The van der Waals surface area contributed by atoms with Crippen LogP contribution in [0.2, 0.25) is 0 Å². The van der Waals surface area contributed by atoms with Gasteiger partial charge in [0.05, 0.1) is 5.52 Å². The number of hydrogen-bond donors (Lipinski definition) is 3. The topological polar surface area (TPSA) is 95.3 Å². The van der Waals surface area contributed by atoms with Crippen molar-refractivity contribution in [3.05, 3.63) is 60.0 Å². The fourth-order valence-corrected chi connectivity index (χ4v) is 2.89. The van der Waals surface area contributed by atoms with Gasteiger partial charge in [0.1, 0.15) is 5.82 Å². The molecule has 0 unspecified atom stereocenters. The molecule has 27 heavy (non-hydrogen) atoms. The van der Waals surface area contributed by atoms with E-state index in [0.717, 1.165) is 22.1 Å². The molecule has 2 aromatic rings. The van der Waals surface area contributed by atoms with E-state index in [9.17, 15) is 15.0 Å². The molecule has 3 N–H and O–H groups in total. The SMILES string of the molecule is C=C(/C=C(C)\C(=C/C)c1cnc2cc(NC=O)ncc2c1)C(O)(O)CCC. The fourth-order valence-electron chi connectivity index (χ4n) is 2.89. The summed E-state index contributed by atoms with van der Waals surface area (Å²) in [5, 5.41) is 23.6. The molecule has 2 rings (SSSR count). The van der Waals surface area contributed by atoms with Crippen LogP contribution in [0.1, 0.15) is 39.2 Å². The molecule has 0 spiro atoms. The molecule has 0 saturated carbocycles. The van der Waals surface area contributed by atoms with Crippen LogP contribution < -0.4 is 5.32 Å². The van der Waals surface area contributed by atoms with E-state index < -0.39 is 5.79 Å². The summed E-state index contributed by atoms with van der Waals surface area (Å²) in [7, 11) is 0. The van der Waals surface area contributed by atoms with Crippen LogP contribution in [0.15, 0.2) is 54.4 Å². The van der Waals surface area contributed by atoms with Crippen LogP contribution in [0.4, 0.5) is 5.82 Å². The molecule has 0 aromatic carbocycles. The van der Waals surface area contributed by atoms with Crippen LogP contribution in [-0.2, 0) is 4.79 Å². The third-order valence-electron chi connectivity index (χ3n) is 4.30. The van der Waals surface area contributed by atoms with Crippen molar-refractivity contribution in [3.8, 4) is 0 Å². The average molecular weight is 367 g/mol. The largest absolute Gasteiger partial charge is 0.362 e. The van der Waals surface area contributed by atoms with Crippen LogP contribution in [0, 0.1) is 0 Å². The maximum absolute atomic E-state index is 10.5. The van der Waals surface area contributed by atoms with Crippen LogP contribution in [-0.4, -0.2) is 32.4 Å². The quantitative estimate of drug-likeness (QED) is 0.376. The Hall–Kier alpha value is -2.83. The number of allylic oxidation sites excluding steroid dienone is 3. The zero-order valence-corrected chi connectivity index (χ0v) is 15.9. The molecule has 2 aromatic heterocycles. The van der Waals surface area contributed by atoms with Gasteiger partial charge in [-0.25, -0.2) is 4.98 Å². The summed E-state index contributed by atoms with van der Waals surface area (Å²) in [6.07, 6.45) is 8.44. The fraction of sp³-hybridized carbons (Fsp3) is 0.286. The lowest BCUT2D eigenvalue weighted by Gasteiger charge is -2.22. The van der Waals surface area contributed by atoms with Gasteiger partial charge in [-0.3, -0.25) is 9.78 Å². The average Bonchev–Trinajstić information content (AvgIpc) is 2.62. The van der Waals surface area contributed by atoms with Crippen LogP contribution in [0.3, 0.4) is 0 Å². The number of aromatic nitrogens is 2. The second-order valence-electron chi connectivity index (χ2n) is 6.37. The van der Waals surface area contributed by atoms with Crippen molar-refractivity contribution in [2.45, 2.75) is 39.4 Å². The van der Waals surface area contributed by atoms with Gasteiger partial charge < -0.3 is 15.5 Å². The molecule has 0 fully saturated rings. The molecule has 0 radical (unpaired) electrons. The number of rotatable bonds is 8. The molecule has 2 heterocycles. The Morgan fingerprint density at radius 2 is 2.04 bits per heavy atom. The van der Waals surface area contributed by atoms with E-state index in [1.165, 1.54) is 0 Å². The lowest BCUT2D eigenvalue weighted by molar-refractivity contribution is -0.130. The first kappa shape index (κ1) is 20.5. The standard InChI is InChI=1S/C21H25N3O3/c1-5-7-21(26,27)15(4)8-14(3)18(6-2)16-9-17-12-23-20(24-13-25)10-19(17)22-11-16/h6,8-13,26-27H,4-5,7H2,1-3H3,(H,23,24,25)/b14-8-,18-6+. The highest BCUT2D eigenvalue weighted by Crippen LogP contribution is 2.28. The molecule has 0 aliphatic rings. The lowest BCUT2D eigenvalue weighted by atomic mass is 9.94. The summed E-state index contributed by atoms with van der Waals surface area (Å²) in [6, 6.07) is 3.65. The maximum Gasteiger partial charge on any atom is 0.212 e. The van der Waals surface area contributed by atoms with E-state index in [-0.39, 0.29) is 12.0 Å². The van der Waals surface area contributed by atoms with Gasteiger partial charge >= 0.3 is 0 Å². The van der Waals surface area contributed by atoms with Gasteiger partial charge in [-0.05, 0) is 31.1 Å². The predicted molar refractivity (Wildman–Crippen MR) is 108 cm³/mol. The minimum Gasteiger partial charge on any atom is -0.362 e. The van der Waals surface area contributed by atoms with Gasteiger partial charge in [0.25, 0.3) is 0 Å². The van der Waals surface area contributed by atoms with Crippen molar-refractivity contribution in [1.82, 2.24) is 9.97 Å². The summed E-state index contributed by atoms with van der Waals surface area (Å²) < 4.78 is 0. The molecule has 0 bridgehead atoms. The monoisotopic (exact) mass is 367 g/mol. The predicted octanol–water partition coefficient (Wildman–Crippen LogP) is 3.58. The molecular formula is C21H25N3O3. The first-order chi connectivity index (χ1) is 12.8. The summed E-state index contributed by atoms with van der Waals surface area (Å²) in [4.78, 5) is 19.2. The Morgan fingerprint density at radius 3 is 2.67 bits per heavy atom. The van der Waals surface area contributed by atoms with Crippen molar-refractivity contribution in [2.75, 3.05) is 5.32 Å². The summed E-state index contributed by atoms with van der Waals surface area (Å²) >= 11 is 0. The number of carbonyl (C=O) groups excluding carboxylic acids is 1. The first-order valence-corrected chi connectivity index (χ1v) is 8.77. The summed E-state index contributed by atoms with van der Waals surface area (Å²) in [5.41, 5.74) is 3.60. The minimum atomic E-state index is -1.91. The number of nitrogens with zero attached hydrogens (tertiary/aromatic N) is 2. The minimum absolute atomic E-state index is 0.223. The Labute approximate surface area is 159 Å². The van der Waals surface area contributed by atoms with Gasteiger partial charge in [0, 0.05) is 41.4 Å². The molecule has 6 heteroatoms. The summed E-state index contributed by atoms with van der Waals surface area (Å²) in [5.74, 6) is -1.47. The third-order valence-corrected chi connectivity index (χ3v) is 4.30. The van der Waals surface area contributed by atoms with Crippen molar-refractivity contribution < 1.29 is 15.0 Å². The maximum atomic E-state index is 10.5. The lowest BCUT2D eigenvalue weighted by Crippen LogP contribution is -2.29. The van der Waals surface area contributed by atoms with Gasteiger partial charge in [-0.15, -0.1) is 0 Å². The number of nitrogens with one attached hydrogen (secondary N) is 1. The number of hydrogen-bond acceptors (Lipinski definition) is 5. The molecule has 0 saturated heterocycles. The smallest absolute Gasteiger partial charge is 0.212 e. The van der Waals surface area contributed by atoms with E-state index in [0.29, 0.717) is 24.2 Å². The number of amides is 1. The summed E-state index contributed by atoms with van der Waals surface area (Å²) in [6.45, 7) is 9.49. The molecular weight excluding hydrogens is 342 g/mol. The Kier molecular flexibility index (Phi) is 6.60. The Balaban J connectivity index is 2.36. The second-order valence-corrected chi connectivity index (χ2v) is 6.37. The van der Waals surface area contributed by atoms with Crippen LogP contribution in [0.5, 0.6) is 0 Å².